The van der Waals surface area contributed by atoms with Gasteiger partial charge >= 0.3 is 6.03 Å². The Labute approximate surface area is 52.1 Å². The fourth-order valence-electron chi connectivity index (χ4n) is 0.424. The number of carbonyl (C=O) groups is 1. The molecule has 2 amide bonds. The normalized spacial score (nSPS) is 23.7. The number of nitrogens with two attached hydrogens (primary N) is 1. The van der Waals surface area contributed by atoms with Gasteiger partial charge < -0.3 is 11.1 Å². The first-order chi connectivity index (χ1) is 4.29. The summed E-state index contributed by atoms with van der Waals surface area (Å²) < 4.78 is 0. The molecule has 0 aliphatic carbocycles. The van der Waals surface area contributed by atoms with Gasteiger partial charge in [0, 0.05) is 0 Å². The van der Waals surface area contributed by atoms with Crippen LogP contribution in [0.3, 0.4) is 0 Å². The Balaban J connectivity index is 2.72. The van der Waals surface area contributed by atoms with Crippen LogP contribution in [-0.4, -0.2) is 18.4 Å². The molecule has 1 rings (SSSR count). The van der Waals surface area contributed by atoms with Crippen molar-refractivity contribution >= 4 is 12.2 Å². The number of carbonyl (C=O) groups excluding carboxylic acids is 1. The minimum Gasteiger partial charge on any atom is -0.310 e. The van der Waals surface area contributed by atoms with E-state index in [2.05, 4.69) is 22.2 Å². The summed E-state index contributed by atoms with van der Waals surface area (Å²) in [5.74, 6) is 5.00. The number of hydrogen-bond donors (Lipinski definition) is 2. The van der Waals surface area contributed by atoms with Crippen molar-refractivity contribution in [2.24, 2.45) is 10.7 Å². The number of nitrogens with zero attached hydrogens (tertiary/aromatic N) is 1. The van der Waals surface area contributed by atoms with Crippen molar-refractivity contribution in [1.29, 1.82) is 0 Å². The van der Waals surface area contributed by atoms with E-state index < -0.39 is 12.2 Å². The molecule has 0 aromatic carbocycles. The van der Waals surface area contributed by atoms with Crippen molar-refractivity contribution in [3.05, 3.63) is 0 Å². The third-order valence-corrected chi connectivity index (χ3v) is 0.764. The molecule has 1 aliphatic rings. The summed E-state index contributed by atoms with van der Waals surface area (Å²) in [5.41, 5.74) is 5.24. The molecule has 3 N–H and O–H groups in total. The van der Waals surface area contributed by atoms with Crippen molar-refractivity contribution in [3.63, 3.8) is 0 Å². The van der Waals surface area contributed by atoms with Gasteiger partial charge in [0.15, 0.2) is 0 Å². The molecule has 4 nitrogen and oxygen atoms in total. The second-order valence-corrected chi connectivity index (χ2v) is 1.47. The summed E-state index contributed by atoms with van der Waals surface area (Å²) in [7, 11) is 0. The highest BCUT2D eigenvalue weighted by Crippen LogP contribution is 1.77. The van der Waals surface area contributed by atoms with Gasteiger partial charge in [-0.3, -0.25) is 0 Å². The summed E-state index contributed by atoms with van der Waals surface area (Å²) in [6.07, 6.45) is 0.641. The molecule has 0 saturated carbocycles. The number of urea groups is 1. The van der Waals surface area contributed by atoms with Gasteiger partial charge in [0.05, 0.1) is 6.21 Å². The Bertz CT molecular complexity index is 210. The quantitative estimate of drug-likeness (QED) is 0.408. The molecule has 4 heteroatoms. The van der Waals surface area contributed by atoms with Gasteiger partial charge in [-0.05, 0) is 0 Å². The molecule has 0 spiro atoms. The largest absolute Gasteiger partial charge is 0.343 e. The Morgan fingerprint density at radius 3 is 3.44 bits per heavy atom. The topological polar surface area (TPSA) is 67.5 Å². The van der Waals surface area contributed by atoms with E-state index in [1.54, 1.807) is 0 Å². The van der Waals surface area contributed by atoms with E-state index in [9.17, 15) is 4.79 Å². The standard InChI is InChI=1S/C5H5N3O/c6-4-2-1-3-7-5(9)8-4/h3-4H,6H2,(H,8,9). The van der Waals surface area contributed by atoms with Crippen LogP contribution < -0.4 is 11.1 Å². The predicted molar refractivity (Wildman–Crippen MR) is 32.8 cm³/mol. The Morgan fingerprint density at radius 2 is 2.67 bits per heavy atom. The van der Waals surface area contributed by atoms with Gasteiger partial charge in [-0.25, -0.2) is 4.79 Å². The van der Waals surface area contributed by atoms with Crippen LogP contribution in [0.1, 0.15) is 0 Å². The summed E-state index contributed by atoms with van der Waals surface area (Å²) in [6, 6.07) is -0.458. The summed E-state index contributed by atoms with van der Waals surface area (Å²) in [4.78, 5) is 13.8. The van der Waals surface area contributed by atoms with Gasteiger partial charge in [0.2, 0.25) is 0 Å². The molecule has 0 fully saturated rings. The SMILES string of the molecule is NC1C#CC=NC(=O)N1. The maximum Gasteiger partial charge on any atom is 0.343 e. The van der Waals surface area contributed by atoms with Crippen molar-refractivity contribution in [2.75, 3.05) is 0 Å². The summed E-state index contributed by atoms with van der Waals surface area (Å²) in [6.45, 7) is 0. The lowest BCUT2D eigenvalue weighted by atomic mass is 10.5. The molecular formula is C5H5N3O. The van der Waals surface area contributed by atoms with E-state index in [-0.39, 0.29) is 0 Å². The first-order valence-corrected chi connectivity index (χ1v) is 2.39. The van der Waals surface area contributed by atoms with Gasteiger partial charge in [-0.1, -0.05) is 11.8 Å². The zero-order valence-corrected chi connectivity index (χ0v) is 4.59. The first-order valence-electron chi connectivity index (χ1n) is 2.39. The minimum absolute atomic E-state index is 0.458. The van der Waals surface area contributed by atoms with Crippen LogP contribution in [0.15, 0.2) is 4.99 Å². The average molecular weight is 123 g/mol. The lowest BCUT2D eigenvalue weighted by Crippen LogP contribution is -2.38. The van der Waals surface area contributed by atoms with E-state index in [0.29, 0.717) is 0 Å². The molecule has 9 heavy (non-hydrogen) atoms. The van der Waals surface area contributed by atoms with E-state index in [1.807, 2.05) is 0 Å². The minimum atomic E-state index is -0.583. The number of hydrogen-bond acceptors (Lipinski definition) is 2. The van der Waals surface area contributed by atoms with Gasteiger partial charge in [-0.2, -0.15) is 4.99 Å². The molecule has 0 saturated heterocycles. The van der Waals surface area contributed by atoms with E-state index >= 15 is 0 Å². The molecule has 0 radical (unpaired) electrons. The number of aliphatic imine (C=N–C) groups is 1. The maximum absolute atomic E-state index is 10.4. The smallest absolute Gasteiger partial charge is 0.310 e. The van der Waals surface area contributed by atoms with Crippen LogP contribution in [0, 0.1) is 11.8 Å². The Hall–Kier alpha value is -1.34. The third kappa shape index (κ3) is 1.55. The van der Waals surface area contributed by atoms with Crippen LogP contribution >= 0.6 is 0 Å². The van der Waals surface area contributed by atoms with Gasteiger partial charge in [0.25, 0.3) is 0 Å². The highest BCUT2D eigenvalue weighted by molar-refractivity contribution is 5.92. The van der Waals surface area contributed by atoms with Crippen LogP contribution in [0.25, 0.3) is 0 Å². The lowest BCUT2D eigenvalue weighted by Gasteiger charge is -2.00. The zero-order valence-electron chi connectivity index (χ0n) is 4.59. The van der Waals surface area contributed by atoms with Crippen LogP contribution in [0.2, 0.25) is 0 Å². The average Bonchev–Trinajstić information content (AvgIpc) is 1.93. The molecule has 1 unspecified atom stereocenters. The first kappa shape index (κ1) is 5.79. The second-order valence-electron chi connectivity index (χ2n) is 1.47. The number of amides is 2. The van der Waals surface area contributed by atoms with Crippen molar-refractivity contribution < 1.29 is 4.79 Å². The molecule has 1 heterocycles. The molecule has 0 aromatic heterocycles. The molecule has 46 valence electrons. The number of rotatable bonds is 0. The molecule has 0 bridgehead atoms. The third-order valence-electron chi connectivity index (χ3n) is 0.764. The molecular weight excluding hydrogens is 118 g/mol. The molecule has 0 aromatic rings. The monoisotopic (exact) mass is 123 g/mol. The Morgan fingerprint density at radius 1 is 1.89 bits per heavy atom. The lowest BCUT2D eigenvalue weighted by molar-refractivity contribution is 0.248. The van der Waals surface area contributed by atoms with E-state index in [0.717, 1.165) is 0 Å². The fraction of sp³-hybridized carbons (Fsp3) is 0.200. The van der Waals surface area contributed by atoms with Gasteiger partial charge in [-0.15, -0.1) is 0 Å². The van der Waals surface area contributed by atoms with Crippen LogP contribution in [-0.2, 0) is 0 Å². The Kier molecular flexibility index (Phi) is 1.47. The summed E-state index contributed by atoms with van der Waals surface area (Å²) in [5, 5.41) is 2.31. The zero-order chi connectivity index (χ0) is 6.69. The second kappa shape index (κ2) is 2.29. The number of nitrogens with one attached hydrogen (secondary N) is 1. The van der Waals surface area contributed by atoms with Crippen molar-refractivity contribution in [1.82, 2.24) is 5.32 Å². The van der Waals surface area contributed by atoms with E-state index in [4.69, 9.17) is 5.73 Å². The van der Waals surface area contributed by atoms with Crippen molar-refractivity contribution in [2.45, 2.75) is 6.17 Å². The maximum atomic E-state index is 10.4. The molecule has 1 atom stereocenters. The van der Waals surface area contributed by atoms with Crippen LogP contribution in [0.5, 0.6) is 0 Å². The molecule has 1 aliphatic heterocycles. The van der Waals surface area contributed by atoms with Gasteiger partial charge in [0.1, 0.15) is 6.17 Å². The van der Waals surface area contributed by atoms with Crippen molar-refractivity contribution in [3.8, 4) is 11.8 Å². The highest BCUT2D eigenvalue weighted by atomic mass is 16.2. The van der Waals surface area contributed by atoms with Crippen LogP contribution in [0.4, 0.5) is 4.79 Å². The summed E-state index contributed by atoms with van der Waals surface area (Å²) >= 11 is 0. The predicted octanol–water partition coefficient (Wildman–Crippen LogP) is -0.931. The fourth-order valence-corrected chi connectivity index (χ4v) is 0.424. The van der Waals surface area contributed by atoms with E-state index in [1.165, 1.54) is 6.21 Å². The highest BCUT2D eigenvalue weighted by Gasteiger charge is 2.02.